The third-order valence-electron chi connectivity index (χ3n) is 7.37. The summed E-state index contributed by atoms with van der Waals surface area (Å²) in [5.74, 6) is 1.05. The molecule has 2 N–H and O–H groups in total. The minimum Gasteiger partial charge on any atom is -0.489 e. The predicted molar refractivity (Wildman–Crippen MR) is 152 cm³/mol. The highest BCUT2D eigenvalue weighted by Gasteiger charge is 2.41. The summed E-state index contributed by atoms with van der Waals surface area (Å²) in [5, 5.41) is 22.6. The van der Waals surface area contributed by atoms with Crippen LogP contribution < -0.4 is 9.47 Å². The van der Waals surface area contributed by atoms with E-state index >= 15 is 0 Å². The Bertz CT molecular complexity index is 1270. The molecule has 5 rings (SSSR count). The minimum atomic E-state index is -1.40. The topological polar surface area (TPSA) is 68.2 Å². The van der Waals surface area contributed by atoms with E-state index in [0.717, 1.165) is 47.3 Å². The SMILES string of the molecule is OCCC(c1ccccc1)C(O)(c1ccc(OCc2ccccc2)cc1)c1ccc(OC2CCCCO2)cc1. The van der Waals surface area contributed by atoms with E-state index in [1.165, 1.54) is 0 Å². The van der Waals surface area contributed by atoms with Gasteiger partial charge in [0.15, 0.2) is 6.29 Å². The highest BCUT2D eigenvalue weighted by molar-refractivity contribution is 5.45. The van der Waals surface area contributed by atoms with Crippen LogP contribution in [0.2, 0.25) is 0 Å². The van der Waals surface area contributed by atoms with E-state index in [1.807, 2.05) is 109 Å². The zero-order valence-electron chi connectivity index (χ0n) is 22.1. The van der Waals surface area contributed by atoms with Crippen LogP contribution in [0.25, 0.3) is 0 Å². The van der Waals surface area contributed by atoms with E-state index in [4.69, 9.17) is 14.2 Å². The summed E-state index contributed by atoms with van der Waals surface area (Å²) in [4.78, 5) is 0. The first-order chi connectivity index (χ1) is 19.2. The predicted octanol–water partition coefficient (Wildman–Crippen LogP) is 6.57. The average Bonchev–Trinajstić information content (AvgIpc) is 3.00. The second-order valence-corrected chi connectivity index (χ2v) is 9.98. The summed E-state index contributed by atoms with van der Waals surface area (Å²) in [6, 6.07) is 35.1. The molecule has 5 nitrogen and oxygen atoms in total. The maximum absolute atomic E-state index is 12.6. The molecule has 0 aliphatic carbocycles. The normalized spacial score (nSPS) is 17.6. The van der Waals surface area contributed by atoms with Crippen molar-refractivity contribution in [2.75, 3.05) is 13.2 Å². The minimum absolute atomic E-state index is 0.0552. The van der Waals surface area contributed by atoms with Gasteiger partial charge in [-0.2, -0.15) is 0 Å². The number of ether oxygens (including phenoxy) is 3. The molecule has 3 unspecified atom stereocenters. The Hall–Kier alpha value is -3.64. The highest BCUT2D eigenvalue weighted by atomic mass is 16.7. The number of benzene rings is 4. The van der Waals surface area contributed by atoms with Crippen molar-refractivity contribution in [1.29, 1.82) is 0 Å². The molecule has 4 aromatic rings. The molecular formula is C34H36O5. The zero-order chi connectivity index (χ0) is 26.9. The van der Waals surface area contributed by atoms with Gasteiger partial charge in [0.25, 0.3) is 0 Å². The van der Waals surface area contributed by atoms with Gasteiger partial charge in [-0.25, -0.2) is 0 Å². The zero-order valence-corrected chi connectivity index (χ0v) is 22.1. The largest absolute Gasteiger partial charge is 0.489 e. The lowest BCUT2D eigenvalue weighted by atomic mass is 9.71. The molecule has 0 amide bonds. The molecular weight excluding hydrogens is 488 g/mol. The van der Waals surface area contributed by atoms with E-state index in [1.54, 1.807) is 0 Å². The first-order valence-electron chi connectivity index (χ1n) is 13.7. The second kappa shape index (κ2) is 12.9. The van der Waals surface area contributed by atoms with Crippen molar-refractivity contribution in [3.05, 3.63) is 131 Å². The summed E-state index contributed by atoms with van der Waals surface area (Å²) < 4.78 is 17.8. The first kappa shape index (κ1) is 26.9. The Morgan fingerprint density at radius 3 is 1.97 bits per heavy atom. The lowest BCUT2D eigenvalue weighted by molar-refractivity contribution is -0.105. The van der Waals surface area contributed by atoms with Gasteiger partial charge in [0.05, 0.1) is 6.61 Å². The van der Waals surface area contributed by atoms with Crippen LogP contribution in [0.1, 0.15) is 53.9 Å². The van der Waals surface area contributed by atoms with E-state index in [-0.39, 0.29) is 18.8 Å². The Balaban J connectivity index is 1.45. The fourth-order valence-electron chi connectivity index (χ4n) is 5.29. The maximum Gasteiger partial charge on any atom is 0.199 e. The van der Waals surface area contributed by atoms with Crippen molar-refractivity contribution in [3.63, 3.8) is 0 Å². The molecule has 1 aliphatic heterocycles. The van der Waals surface area contributed by atoms with Crippen LogP contribution in [-0.2, 0) is 16.9 Å². The molecule has 1 heterocycles. The quantitative estimate of drug-likeness (QED) is 0.232. The van der Waals surface area contributed by atoms with E-state index in [9.17, 15) is 10.2 Å². The van der Waals surface area contributed by atoms with E-state index in [0.29, 0.717) is 25.4 Å². The van der Waals surface area contributed by atoms with Crippen LogP contribution in [-0.4, -0.2) is 29.7 Å². The lowest BCUT2D eigenvalue weighted by Gasteiger charge is -2.38. The van der Waals surface area contributed by atoms with Gasteiger partial charge < -0.3 is 24.4 Å². The second-order valence-electron chi connectivity index (χ2n) is 9.98. The van der Waals surface area contributed by atoms with Gasteiger partial charge in [0.2, 0.25) is 0 Å². The molecule has 202 valence electrons. The van der Waals surface area contributed by atoms with Gasteiger partial charge in [-0.05, 0) is 65.8 Å². The molecule has 1 saturated heterocycles. The van der Waals surface area contributed by atoms with Crippen LogP contribution >= 0.6 is 0 Å². The maximum atomic E-state index is 12.6. The average molecular weight is 525 g/mol. The molecule has 0 saturated carbocycles. The van der Waals surface area contributed by atoms with Crippen molar-refractivity contribution in [2.45, 2.75) is 50.1 Å². The van der Waals surface area contributed by atoms with Gasteiger partial charge in [-0.15, -0.1) is 0 Å². The van der Waals surface area contributed by atoms with Crippen LogP contribution in [0.3, 0.4) is 0 Å². The molecule has 1 fully saturated rings. The molecule has 5 heteroatoms. The van der Waals surface area contributed by atoms with Crippen molar-refractivity contribution in [3.8, 4) is 11.5 Å². The van der Waals surface area contributed by atoms with Crippen molar-refractivity contribution >= 4 is 0 Å². The Kier molecular flexibility index (Phi) is 8.94. The van der Waals surface area contributed by atoms with E-state index in [2.05, 4.69) is 0 Å². The van der Waals surface area contributed by atoms with Gasteiger partial charge in [0, 0.05) is 18.9 Å². The number of aliphatic hydroxyl groups is 2. The Morgan fingerprint density at radius 2 is 1.38 bits per heavy atom. The molecule has 39 heavy (non-hydrogen) atoms. The van der Waals surface area contributed by atoms with E-state index < -0.39 is 5.60 Å². The molecule has 0 radical (unpaired) electrons. The van der Waals surface area contributed by atoms with Crippen LogP contribution in [0.4, 0.5) is 0 Å². The van der Waals surface area contributed by atoms with Gasteiger partial charge in [-0.1, -0.05) is 84.9 Å². The summed E-state index contributed by atoms with van der Waals surface area (Å²) in [7, 11) is 0. The molecule has 0 spiro atoms. The molecule has 0 bridgehead atoms. The summed E-state index contributed by atoms with van der Waals surface area (Å²) in [6.45, 7) is 1.13. The highest BCUT2D eigenvalue weighted by Crippen LogP contribution is 2.45. The van der Waals surface area contributed by atoms with Crippen LogP contribution in [0, 0.1) is 0 Å². The monoisotopic (exact) mass is 524 g/mol. The smallest absolute Gasteiger partial charge is 0.199 e. The molecule has 4 aromatic carbocycles. The summed E-state index contributed by atoms with van der Waals surface area (Å²) >= 11 is 0. The Morgan fingerprint density at radius 1 is 0.769 bits per heavy atom. The standard InChI is InChI=1S/C34H36O5/c35-23-22-32(27-11-5-2-6-12-27)34(36,29-16-20-31(21-17-29)39-33-13-7-8-24-37-33)28-14-18-30(19-15-28)38-25-26-9-3-1-4-10-26/h1-6,9-12,14-21,32-33,35-36H,7-8,13,22-25H2. The number of rotatable bonds is 11. The first-order valence-corrected chi connectivity index (χ1v) is 13.7. The fourth-order valence-corrected chi connectivity index (χ4v) is 5.29. The molecule has 0 aromatic heterocycles. The summed E-state index contributed by atoms with van der Waals surface area (Å²) in [5.41, 5.74) is 2.09. The van der Waals surface area contributed by atoms with Crippen molar-refractivity contribution in [2.24, 2.45) is 0 Å². The van der Waals surface area contributed by atoms with Gasteiger partial charge in [-0.3, -0.25) is 0 Å². The van der Waals surface area contributed by atoms with Crippen LogP contribution in [0.5, 0.6) is 11.5 Å². The number of hydrogen-bond donors (Lipinski definition) is 2. The fraction of sp³-hybridized carbons (Fsp3) is 0.294. The third kappa shape index (κ3) is 6.51. The van der Waals surface area contributed by atoms with Crippen molar-refractivity contribution < 1.29 is 24.4 Å². The third-order valence-corrected chi connectivity index (χ3v) is 7.37. The van der Waals surface area contributed by atoms with Gasteiger partial charge >= 0.3 is 0 Å². The van der Waals surface area contributed by atoms with Gasteiger partial charge in [0.1, 0.15) is 23.7 Å². The van der Waals surface area contributed by atoms with Crippen molar-refractivity contribution in [1.82, 2.24) is 0 Å². The Labute approximate surface area is 230 Å². The lowest BCUT2D eigenvalue weighted by Crippen LogP contribution is -2.35. The summed E-state index contributed by atoms with van der Waals surface area (Å²) in [6.07, 6.45) is 3.18. The molecule has 1 aliphatic rings. The molecule has 3 atom stereocenters. The van der Waals surface area contributed by atoms with Crippen LogP contribution in [0.15, 0.2) is 109 Å². The number of hydrogen-bond acceptors (Lipinski definition) is 5. The number of aliphatic hydroxyl groups excluding tert-OH is 1.